The Bertz CT molecular complexity index is 706. The number of piperidine rings is 1. The van der Waals surface area contributed by atoms with Gasteiger partial charge in [-0.1, -0.05) is 6.07 Å². The number of amides is 2. The molecular formula is C21H30ClN3O2. The fourth-order valence-corrected chi connectivity index (χ4v) is 5.04. The van der Waals surface area contributed by atoms with Crippen LogP contribution in [0.1, 0.15) is 43.2 Å². The number of nitrogens with one attached hydrogen (secondary N) is 1. The number of hydrogen-bond acceptors (Lipinski definition) is 3. The molecule has 3 atom stereocenters. The zero-order chi connectivity index (χ0) is 18.4. The summed E-state index contributed by atoms with van der Waals surface area (Å²) in [5.74, 6) is -0.551. The van der Waals surface area contributed by atoms with Gasteiger partial charge in [0, 0.05) is 37.4 Å². The van der Waals surface area contributed by atoms with E-state index in [0.717, 1.165) is 29.7 Å². The minimum atomic E-state index is -0.520. The highest BCUT2D eigenvalue weighted by Crippen LogP contribution is 2.32. The predicted octanol–water partition coefficient (Wildman–Crippen LogP) is 2.82. The van der Waals surface area contributed by atoms with Gasteiger partial charge in [-0.05, 0) is 69.2 Å². The van der Waals surface area contributed by atoms with Gasteiger partial charge < -0.3 is 15.1 Å². The van der Waals surface area contributed by atoms with E-state index in [9.17, 15) is 9.59 Å². The highest BCUT2D eigenvalue weighted by molar-refractivity contribution is 6.09. The van der Waals surface area contributed by atoms with E-state index in [1.807, 2.05) is 37.9 Å². The molecule has 0 aliphatic carbocycles. The van der Waals surface area contributed by atoms with Crippen molar-refractivity contribution >= 4 is 29.9 Å². The first-order chi connectivity index (χ1) is 12.4. The van der Waals surface area contributed by atoms with Crippen LogP contribution in [0.4, 0.5) is 5.69 Å². The lowest BCUT2D eigenvalue weighted by Gasteiger charge is -2.36. The van der Waals surface area contributed by atoms with Gasteiger partial charge in [0.05, 0.1) is 0 Å². The fraction of sp³-hybridized carbons (Fsp3) is 0.619. The molecule has 148 valence electrons. The van der Waals surface area contributed by atoms with Gasteiger partial charge >= 0.3 is 0 Å². The highest BCUT2D eigenvalue weighted by Gasteiger charge is 2.42. The number of fused-ring (bicyclic) bond motifs is 2. The second kappa shape index (κ2) is 7.80. The first kappa shape index (κ1) is 20.2. The minimum absolute atomic E-state index is 0. The van der Waals surface area contributed by atoms with Crippen LogP contribution in [0.25, 0.3) is 0 Å². The number of halogens is 1. The van der Waals surface area contributed by atoms with E-state index in [4.69, 9.17) is 0 Å². The summed E-state index contributed by atoms with van der Waals surface area (Å²) < 4.78 is 0. The summed E-state index contributed by atoms with van der Waals surface area (Å²) in [5, 5.41) is 3.62. The Morgan fingerprint density at radius 2 is 1.67 bits per heavy atom. The SMILES string of the molecule is Cc1cc(C)cc(N2CCC(C(=O)N(C)C3CC4CCC(C3)N4)C2=O)c1.Cl. The third-order valence-electron chi connectivity index (χ3n) is 6.37. The summed E-state index contributed by atoms with van der Waals surface area (Å²) >= 11 is 0. The van der Waals surface area contributed by atoms with E-state index < -0.39 is 5.92 Å². The molecule has 3 saturated heterocycles. The molecule has 1 aromatic carbocycles. The number of nitrogens with zero attached hydrogens (tertiary/aromatic N) is 2. The van der Waals surface area contributed by atoms with E-state index >= 15 is 0 Å². The van der Waals surface area contributed by atoms with E-state index in [1.54, 1.807) is 4.90 Å². The summed E-state index contributed by atoms with van der Waals surface area (Å²) in [6.07, 6.45) is 5.08. The molecule has 0 aromatic heterocycles. The van der Waals surface area contributed by atoms with Crippen LogP contribution in [0.3, 0.4) is 0 Å². The molecule has 0 radical (unpaired) electrons. The van der Waals surface area contributed by atoms with Crippen molar-refractivity contribution in [1.82, 2.24) is 10.2 Å². The molecule has 2 bridgehead atoms. The Balaban J connectivity index is 0.00000210. The number of rotatable bonds is 3. The van der Waals surface area contributed by atoms with Crippen LogP contribution in [0.15, 0.2) is 18.2 Å². The summed E-state index contributed by atoms with van der Waals surface area (Å²) in [6.45, 7) is 4.71. The molecule has 0 saturated carbocycles. The Labute approximate surface area is 167 Å². The zero-order valence-corrected chi connectivity index (χ0v) is 17.2. The molecule has 3 aliphatic rings. The molecule has 3 heterocycles. The highest BCUT2D eigenvalue weighted by atomic mass is 35.5. The van der Waals surface area contributed by atoms with Gasteiger partial charge in [-0.3, -0.25) is 9.59 Å². The van der Waals surface area contributed by atoms with Gasteiger partial charge in [-0.25, -0.2) is 0 Å². The van der Waals surface area contributed by atoms with E-state index in [0.29, 0.717) is 25.0 Å². The molecule has 0 spiro atoms. The number of carbonyl (C=O) groups excluding carboxylic acids is 2. The first-order valence-electron chi connectivity index (χ1n) is 9.85. The maximum atomic E-state index is 13.1. The Kier molecular flexibility index (Phi) is 5.82. The fourth-order valence-electron chi connectivity index (χ4n) is 5.04. The summed E-state index contributed by atoms with van der Waals surface area (Å²) in [7, 11) is 1.89. The molecule has 3 fully saturated rings. The molecule has 4 rings (SSSR count). The monoisotopic (exact) mass is 391 g/mol. The molecular weight excluding hydrogens is 362 g/mol. The van der Waals surface area contributed by atoms with Gasteiger partial charge in [-0.2, -0.15) is 0 Å². The van der Waals surface area contributed by atoms with Crippen molar-refractivity contribution in [3.63, 3.8) is 0 Å². The van der Waals surface area contributed by atoms with E-state index in [2.05, 4.69) is 11.4 Å². The molecule has 5 nitrogen and oxygen atoms in total. The lowest BCUT2D eigenvalue weighted by Crippen LogP contribution is -2.50. The maximum absolute atomic E-state index is 13.1. The minimum Gasteiger partial charge on any atom is -0.342 e. The molecule has 3 aliphatic heterocycles. The van der Waals surface area contributed by atoms with Gasteiger partial charge in [0.1, 0.15) is 5.92 Å². The maximum Gasteiger partial charge on any atom is 0.239 e. The van der Waals surface area contributed by atoms with Crippen LogP contribution in [0.2, 0.25) is 0 Å². The van der Waals surface area contributed by atoms with Crippen molar-refractivity contribution in [2.24, 2.45) is 5.92 Å². The molecule has 27 heavy (non-hydrogen) atoms. The van der Waals surface area contributed by atoms with E-state index in [1.165, 1.54) is 12.8 Å². The molecule has 2 amide bonds. The van der Waals surface area contributed by atoms with Crippen molar-refractivity contribution in [2.45, 2.75) is 64.1 Å². The second-order valence-corrected chi connectivity index (χ2v) is 8.39. The van der Waals surface area contributed by atoms with Crippen molar-refractivity contribution in [3.05, 3.63) is 29.3 Å². The van der Waals surface area contributed by atoms with Gasteiger partial charge in [-0.15, -0.1) is 12.4 Å². The number of anilines is 1. The van der Waals surface area contributed by atoms with Gasteiger partial charge in [0.15, 0.2) is 0 Å². The number of carbonyl (C=O) groups is 2. The quantitative estimate of drug-likeness (QED) is 0.806. The van der Waals surface area contributed by atoms with Crippen LogP contribution in [0, 0.1) is 19.8 Å². The summed E-state index contributed by atoms with van der Waals surface area (Å²) in [5.41, 5.74) is 3.21. The molecule has 3 unspecified atom stereocenters. The molecule has 1 aromatic rings. The largest absolute Gasteiger partial charge is 0.342 e. The van der Waals surface area contributed by atoms with Crippen LogP contribution < -0.4 is 10.2 Å². The Morgan fingerprint density at radius 1 is 1.07 bits per heavy atom. The third kappa shape index (κ3) is 3.85. The lowest BCUT2D eigenvalue weighted by atomic mass is 9.96. The van der Waals surface area contributed by atoms with E-state index in [-0.39, 0.29) is 30.3 Å². The standard InChI is InChI=1S/C21H29N3O2.ClH/c1-13-8-14(2)10-18(9-13)24-7-6-19(21(24)26)20(25)23(3)17-11-15-4-5-16(12-17)22-15;/h8-10,15-17,19,22H,4-7,11-12H2,1-3H3;1H. The second-order valence-electron chi connectivity index (χ2n) is 8.39. The van der Waals surface area contributed by atoms with Crippen LogP contribution in [0.5, 0.6) is 0 Å². The normalized spacial score (nSPS) is 29.6. The number of aryl methyl sites for hydroxylation is 2. The average molecular weight is 392 g/mol. The van der Waals surface area contributed by atoms with Crippen LogP contribution in [-0.4, -0.2) is 48.4 Å². The zero-order valence-electron chi connectivity index (χ0n) is 16.4. The van der Waals surface area contributed by atoms with Crippen molar-refractivity contribution < 1.29 is 9.59 Å². The topological polar surface area (TPSA) is 52.7 Å². The Hall–Kier alpha value is -1.59. The lowest BCUT2D eigenvalue weighted by molar-refractivity contribution is -0.141. The van der Waals surface area contributed by atoms with Crippen molar-refractivity contribution in [3.8, 4) is 0 Å². The number of benzene rings is 1. The smallest absolute Gasteiger partial charge is 0.239 e. The summed E-state index contributed by atoms with van der Waals surface area (Å²) in [6, 6.07) is 7.52. The number of hydrogen-bond donors (Lipinski definition) is 1. The van der Waals surface area contributed by atoms with Crippen LogP contribution in [-0.2, 0) is 9.59 Å². The van der Waals surface area contributed by atoms with Crippen molar-refractivity contribution in [2.75, 3.05) is 18.5 Å². The van der Waals surface area contributed by atoms with Crippen molar-refractivity contribution in [1.29, 1.82) is 0 Å². The molecule has 1 N–H and O–H groups in total. The van der Waals surface area contributed by atoms with Crippen LogP contribution >= 0.6 is 12.4 Å². The Morgan fingerprint density at radius 3 is 2.26 bits per heavy atom. The summed E-state index contributed by atoms with van der Waals surface area (Å²) in [4.78, 5) is 29.7. The molecule has 6 heteroatoms. The first-order valence-corrected chi connectivity index (χ1v) is 9.85. The third-order valence-corrected chi connectivity index (χ3v) is 6.37. The predicted molar refractivity (Wildman–Crippen MR) is 109 cm³/mol. The van der Waals surface area contributed by atoms with Gasteiger partial charge in [0.25, 0.3) is 0 Å². The van der Waals surface area contributed by atoms with Gasteiger partial charge in [0.2, 0.25) is 11.8 Å². The average Bonchev–Trinajstić information content (AvgIpc) is 3.14.